The number of nitrogens with zero attached hydrogens (tertiary/aromatic N) is 2. The van der Waals surface area contributed by atoms with Crippen LogP contribution in [0.2, 0.25) is 0 Å². The molecule has 1 aromatic heterocycles. The fourth-order valence-corrected chi connectivity index (χ4v) is 2.81. The number of benzene rings is 2. The molecule has 28 heavy (non-hydrogen) atoms. The zero-order chi connectivity index (χ0) is 19.9. The highest BCUT2D eigenvalue weighted by atomic mass is 16.5. The molecule has 0 saturated heterocycles. The minimum Gasteiger partial charge on any atom is -0.479 e. The first-order chi connectivity index (χ1) is 13.6. The lowest BCUT2D eigenvalue weighted by Gasteiger charge is -2.14. The van der Waals surface area contributed by atoms with Crippen molar-refractivity contribution in [2.75, 3.05) is 19.5 Å². The van der Waals surface area contributed by atoms with Crippen molar-refractivity contribution in [3.8, 4) is 17.0 Å². The van der Waals surface area contributed by atoms with Gasteiger partial charge in [0.15, 0.2) is 0 Å². The molecule has 7 nitrogen and oxygen atoms in total. The van der Waals surface area contributed by atoms with Gasteiger partial charge in [0.05, 0.1) is 26.0 Å². The van der Waals surface area contributed by atoms with Gasteiger partial charge in [-0.3, -0.25) is 5.32 Å². The molecule has 0 bridgehead atoms. The van der Waals surface area contributed by atoms with E-state index < -0.39 is 6.09 Å². The summed E-state index contributed by atoms with van der Waals surface area (Å²) in [6, 6.07) is 18.9. The van der Waals surface area contributed by atoms with E-state index in [9.17, 15) is 4.79 Å². The van der Waals surface area contributed by atoms with Gasteiger partial charge in [0.2, 0.25) is 5.88 Å². The minimum atomic E-state index is -0.523. The number of ether oxygens (including phenoxy) is 2. The van der Waals surface area contributed by atoms with Gasteiger partial charge < -0.3 is 15.2 Å². The first kappa shape index (κ1) is 19.3. The number of hydrogen-bond donors (Lipinski definition) is 2. The smallest absolute Gasteiger partial charge is 0.411 e. The predicted octanol–water partition coefficient (Wildman–Crippen LogP) is 3.57. The molecule has 1 atom stereocenters. The Bertz CT molecular complexity index is 930. The van der Waals surface area contributed by atoms with Crippen LogP contribution in [0, 0.1) is 0 Å². The third kappa shape index (κ3) is 4.63. The third-order valence-electron chi connectivity index (χ3n) is 4.28. The molecule has 0 radical (unpaired) electrons. The quantitative estimate of drug-likeness (QED) is 0.680. The molecule has 0 unspecified atom stereocenters. The summed E-state index contributed by atoms with van der Waals surface area (Å²) in [6.07, 6.45) is 0.133. The van der Waals surface area contributed by atoms with E-state index >= 15 is 0 Å². The summed E-state index contributed by atoms with van der Waals surface area (Å²) in [5, 5.41) is 11.0. The zero-order valence-electron chi connectivity index (χ0n) is 15.8. The van der Waals surface area contributed by atoms with Crippen molar-refractivity contribution in [1.82, 2.24) is 10.2 Å². The number of carbonyl (C=O) groups excluding carboxylic acids is 1. The number of nitrogens with two attached hydrogens (primary N) is 1. The fraction of sp³-hybridized carbons (Fsp3) is 0.190. The van der Waals surface area contributed by atoms with E-state index in [4.69, 9.17) is 10.5 Å². The van der Waals surface area contributed by atoms with Crippen LogP contribution in [0.25, 0.3) is 11.1 Å². The monoisotopic (exact) mass is 378 g/mol. The van der Waals surface area contributed by atoms with Crippen molar-refractivity contribution >= 4 is 11.8 Å². The molecule has 3 N–H and O–H groups in total. The molecule has 0 saturated carbocycles. The lowest BCUT2D eigenvalue weighted by molar-refractivity contribution is 0.187. The van der Waals surface area contributed by atoms with Crippen LogP contribution < -0.4 is 15.8 Å². The van der Waals surface area contributed by atoms with Crippen molar-refractivity contribution < 1.29 is 14.3 Å². The molecular weight excluding hydrogens is 356 g/mol. The third-order valence-corrected chi connectivity index (χ3v) is 4.28. The first-order valence-corrected chi connectivity index (χ1v) is 8.77. The molecule has 1 heterocycles. The molecule has 1 amide bonds. The van der Waals surface area contributed by atoms with Crippen LogP contribution in [-0.2, 0) is 11.2 Å². The number of methoxy groups -OCH3 is 2. The second-order valence-electron chi connectivity index (χ2n) is 6.18. The number of nitrogens with one attached hydrogen (secondary N) is 1. The van der Waals surface area contributed by atoms with Crippen molar-refractivity contribution in [3.05, 3.63) is 71.9 Å². The highest BCUT2D eigenvalue weighted by molar-refractivity contribution is 5.85. The van der Waals surface area contributed by atoms with Gasteiger partial charge in [0, 0.05) is 11.3 Å². The lowest BCUT2D eigenvalue weighted by Crippen LogP contribution is -2.16. The van der Waals surface area contributed by atoms with Gasteiger partial charge >= 0.3 is 6.09 Å². The van der Waals surface area contributed by atoms with Crippen LogP contribution in [-0.4, -0.2) is 30.5 Å². The molecule has 3 rings (SSSR count). The molecule has 0 fully saturated rings. The van der Waals surface area contributed by atoms with E-state index in [0.29, 0.717) is 23.7 Å². The summed E-state index contributed by atoms with van der Waals surface area (Å²) in [6.45, 7) is 0. The summed E-state index contributed by atoms with van der Waals surface area (Å²) in [5.74, 6) is 0.407. The second kappa shape index (κ2) is 8.96. The van der Waals surface area contributed by atoms with E-state index in [1.54, 1.807) is 19.2 Å². The van der Waals surface area contributed by atoms with Crippen LogP contribution in [0.15, 0.2) is 60.7 Å². The van der Waals surface area contributed by atoms with E-state index in [1.165, 1.54) is 7.11 Å². The Morgan fingerprint density at radius 1 is 1.07 bits per heavy atom. The van der Waals surface area contributed by atoms with E-state index in [2.05, 4.69) is 20.3 Å². The van der Waals surface area contributed by atoms with Crippen LogP contribution >= 0.6 is 0 Å². The first-order valence-electron chi connectivity index (χ1n) is 8.77. The fourth-order valence-electron chi connectivity index (χ4n) is 2.81. The summed E-state index contributed by atoms with van der Waals surface area (Å²) in [7, 11) is 2.86. The molecule has 144 valence electrons. The zero-order valence-corrected chi connectivity index (χ0v) is 15.8. The Balaban J connectivity index is 1.85. The summed E-state index contributed by atoms with van der Waals surface area (Å²) >= 11 is 0. The van der Waals surface area contributed by atoms with Gasteiger partial charge in [-0.2, -0.15) is 5.10 Å². The average molecular weight is 378 g/mol. The van der Waals surface area contributed by atoms with Crippen molar-refractivity contribution in [1.29, 1.82) is 0 Å². The maximum absolute atomic E-state index is 11.3. The van der Waals surface area contributed by atoms with Gasteiger partial charge in [-0.05, 0) is 35.7 Å². The van der Waals surface area contributed by atoms with Gasteiger partial charge in [-0.15, -0.1) is 5.10 Å². The second-order valence-corrected chi connectivity index (χ2v) is 6.18. The maximum atomic E-state index is 11.3. The number of aromatic nitrogens is 2. The highest BCUT2D eigenvalue weighted by Gasteiger charge is 2.15. The molecule has 0 spiro atoms. The van der Waals surface area contributed by atoms with Crippen LogP contribution in [0.3, 0.4) is 0 Å². The molecule has 0 aliphatic rings. The topological polar surface area (TPSA) is 99.4 Å². The predicted molar refractivity (Wildman–Crippen MR) is 107 cm³/mol. The van der Waals surface area contributed by atoms with Gasteiger partial charge in [0.25, 0.3) is 0 Å². The molecular formula is C21H22N4O3. The summed E-state index contributed by atoms with van der Waals surface area (Å²) in [5.41, 5.74) is 10.4. The Labute approximate surface area is 163 Å². The van der Waals surface area contributed by atoms with Gasteiger partial charge in [0.1, 0.15) is 0 Å². The van der Waals surface area contributed by atoms with E-state index in [-0.39, 0.29) is 6.04 Å². The average Bonchev–Trinajstić information content (AvgIpc) is 2.74. The molecule has 7 heteroatoms. The number of carbonyl (C=O) groups is 1. The maximum Gasteiger partial charge on any atom is 0.411 e. The van der Waals surface area contributed by atoms with E-state index in [1.807, 2.05) is 48.5 Å². The normalized spacial score (nSPS) is 11.5. The standard InChI is InChI=1S/C21H22N4O3/c1-27-20-17(15-8-10-16(11-9-15)23-21(26)28-2)13-19(24-25-20)18(22)12-14-6-4-3-5-7-14/h3-11,13,18H,12,22H2,1-2H3,(H,23,26)/t18-/m0/s1. The van der Waals surface area contributed by atoms with Crippen molar-refractivity contribution in [2.24, 2.45) is 5.73 Å². The number of hydrogen-bond acceptors (Lipinski definition) is 6. The molecule has 3 aromatic rings. The Hall–Kier alpha value is -3.45. The number of rotatable bonds is 6. The SMILES string of the molecule is COC(=O)Nc1ccc(-c2cc([C@@H](N)Cc3ccccc3)nnc2OC)cc1. The Morgan fingerprint density at radius 3 is 2.43 bits per heavy atom. The number of anilines is 1. The molecule has 2 aromatic carbocycles. The minimum absolute atomic E-state index is 0.292. The van der Waals surface area contributed by atoms with Crippen LogP contribution in [0.4, 0.5) is 10.5 Å². The largest absolute Gasteiger partial charge is 0.479 e. The Morgan fingerprint density at radius 2 is 1.79 bits per heavy atom. The summed E-state index contributed by atoms with van der Waals surface area (Å²) < 4.78 is 9.96. The summed E-state index contributed by atoms with van der Waals surface area (Å²) in [4.78, 5) is 11.3. The molecule has 0 aliphatic heterocycles. The van der Waals surface area contributed by atoms with Crippen molar-refractivity contribution in [3.63, 3.8) is 0 Å². The number of amides is 1. The van der Waals surface area contributed by atoms with Crippen molar-refractivity contribution in [2.45, 2.75) is 12.5 Å². The van der Waals surface area contributed by atoms with Gasteiger partial charge in [-0.25, -0.2) is 4.79 Å². The van der Waals surface area contributed by atoms with Gasteiger partial charge in [-0.1, -0.05) is 42.5 Å². The van der Waals surface area contributed by atoms with Crippen LogP contribution in [0.5, 0.6) is 5.88 Å². The Kier molecular flexibility index (Phi) is 6.18. The van der Waals surface area contributed by atoms with Crippen LogP contribution in [0.1, 0.15) is 17.3 Å². The lowest BCUT2D eigenvalue weighted by atomic mass is 10.0. The highest BCUT2D eigenvalue weighted by Crippen LogP contribution is 2.30. The molecule has 0 aliphatic carbocycles. The van der Waals surface area contributed by atoms with E-state index in [0.717, 1.165) is 16.7 Å².